The summed E-state index contributed by atoms with van der Waals surface area (Å²) in [6.45, 7) is 0.166. The lowest BCUT2D eigenvalue weighted by Crippen LogP contribution is -2.50. The van der Waals surface area contributed by atoms with Crippen molar-refractivity contribution >= 4 is 27.5 Å². The Morgan fingerprint density at radius 1 is 1.15 bits per heavy atom. The summed E-state index contributed by atoms with van der Waals surface area (Å²) in [6.07, 6.45) is 9.85. The van der Waals surface area contributed by atoms with Crippen molar-refractivity contribution in [2.45, 2.75) is 31.2 Å². The molecule has 1 aromatic carbocycles. The van der Waals surface area contributed by atoms with Crippen molar-refractivity contribution in [3.63, 3.8) is 0 Å². The second-order valence-corrected chi connectivity index (χ2v) is 10.6. The number of sulfone groups is 1. The van der Waals surface area contributed by atoms with Crippen molar-refractivity contribution in [1.82, 2.24) is 25.1 Å². The summed E-state index contributed by atoms with van der Waals surface area (Å²) < 4.78 is 24.1. The standard InChI is InChI=1S/C22H25N7O3S/c1-33(31,32)10-9-29-14-17(13-27-29)19(30)28-20(23)22(7-2-8-22)18-5-3-15(4-6-18)16-11-25-21(24)26-12-16/h3-6,11-14H,2,7-10H2,1H3,(H2,23,28,30)(H2,24,25,26). The van der Waals surface area contributed by atoms with Crippen LogP contribution in [0.1, 0.15) is 35.2 Å². The number of aryl methyl sites for hydroxylation is 1. The molecule has 11 heteroatoms. The Balaban J connectivity index is 1.46. The van der Waals surface area contributed by atoms with Crippen LogP contribution < -0.4 is 11.1 Å². The number of aromatic nitrogens is 4. The molecule has 2 aromatic heterocycles. The van der Waals surface area contributed by atoms with Gasteiger partial charge in [0.1, 0.15) is 15.7 Å². The fourth-order valence-electron chi connectivity index (χ4n) is 3.85. The van der Waals surface area contributed by atoms with Crippen molar-refractivity contribution in [2.75, 3.05) is 17.7 Å². The van der Waals surface area contributed by atoms with E-state index in [9.17, 15) is 13.2 Å². The molecule has 172 valence electrons. The number of anilines is 1. The number of nitrogens with two attached hydrogens (primary N) is 1. The number of carbonyl (C=O) groups excluding carboxylic acids is 1. The molecule has 33 heavy (non-hydrogen) atoms. The highest BCUT2D eigenvalue weighted by Crippen LogP contribution is 2.44. The predicted molar refractivity (Wildman–Crippen MR) is 125 cm³/mol. The summed E-state index contributed by atoms with van der Waals surface area (Å²) in [5.41, 5.74) is 8.02. The van der Waals surface area contributed by atoms with E-state index >= 15 is 0 Å². The molecule has 0 spiro atoms. The first-order valence-electron chi connectivity index (χ1n) is 10.5. The van der Waals surface area contributed by atoms with Crippen LogP contribution in [0.5, 0.6) is 0 Å². The van der Waals surface area contributed by atoms with Crippen LogP contribution in [0.3, 0.4) is 0 Å². The fraction of sp³-hybridized carbons (Fsp3) is 0.318. The summed E-state index contributed by atoms with van der Waals surface area (Å²) >= 11 is 0. The van der Waals surface area contributed by atoms with Gasteiger partial charge in [-0.05, 0) is 24.0 Å². The molecule has 2 heterocycles. The van der Waals surface area contributed by atoms with E-state index in [-0.39, 0.29) is 29.6 Å². The Morgan fingerprint density at radius 2 is 1.82 bits per heavy atom. The number of carbonyl (C=O) groups is 1. The van der Waals surface area contributed by atoms with Crippen molar-refractivity contribution in [2.24, 2.45) is 0 Å². The number of rotatable bonds is 7. The highest BCUT2D eigenvalue weighted by atomic mass is 32.2. The zero-order chi connectivity index (χ0) is 23.6. The first kappa shape index (κ1) is 22.6. The molecule has 10 nitrogen and oxygen atoms in total. The summed E-state index contributed by atoms with van der Waals surface area (Å²) in [4.78, 5) is 20.7. The van der Waals surface area contributed by atoms with Crippen LogP contribution in [-0.2, 0) is 21.8 Å². The molecule has 4 N–H and O–H groups in total. The first-order valence-corrected chi connectivity index (χ1v) is 12.5. The van der Waals surface area contributed by atoms with Gasteiger partial charge < -0.3 is 11.1 Å². The van der Waals surface area contributed by atoms with Gasteiger partial charge in [-0.3, -0.25) is 14.9 Å². The minimum atomic E-state index is -3.13. The highest BCUT2D eigenvalue weighted by Gasteiger charge is 2.43. The van der Waals surface area contributed by atoms with Crippen LogP contribution in [0.25, 0.3) is 11.1 Å². The number of hydrogen-bond acceptors (Lipinski definition) is 8. The molecule has 1 fully saturated rings. The van der Waals surface area contributed by atoms with E-state index in [1.165, 1.54) is 17.1 Å². The molecule has 0 saturated heterocycles. The third-order valence-corrected chi connectivity index (χ3v) is 6.88. The highest BCUT2D eigenvalue weighted by molar-refractivity contribution is 7.90. The number of hydrogen-bond donors (Lipinski definition) is 3. The maximum absolute atomic E-state index is 12.7. The molecule has 1 saturated carbocycles. The summed E-state index contributed by atoms with van der Waals surface area (Å²) in [6, 6.07) is 7.83. The minimum absolute atomic E-state index is 0.0623. The molecule has 0 aliphatic heterocycles. The number of nitrogens with one attached hydrogen (secondary N) is 2. The molecular formula is C22H25N7O3S. The van der Waals surface area contributed by atoms with E-state index in [0.29, 0.717) is 0 Å². The number of amides is 1. The van der Waals surface area contributed by atoms with Gasteiger partial charge in [0.15, 0.2) is 0 Å². The average Bonchev–Trinajstić information content (AvgIpc) is 3.22. The van der Waals surface area contributed by atoms with Crippen molar-refractivity contribution in [3.05, 3.63) is 60.2 Å². The van der Waals surface area contributed by atoms with Crippen molar-refractivity contribution in [3.8, 4) is 11.1 Å². The largest absolute Gasteiger partial charge is 0.368 e. The molecule has 1 aliphatic rings. The van der Waals surface area contributed by atoms with Gasteiger partial charge >= 0.3 is 0 Å². The third-order valence-electron chi connectivity index (χ3n) is 5.95. The second-order valence-electron chi connectivity index (χ2n) is 8.29. The van der Waals surface area contributed by atoms with Crippen molar-refractivity contribution in [1.29, 1.82) is 5.41 Å². The van der Waals surface area contributed by atoms with E-state index in [1.54, 1.807) is 12.4 Å². The Bertz CT molecular complexity index is 1280. The molecule has 4 rings (SSSR count). The number of benzene rings is 1. The SMILES string of the molecule is CS(=O)(=O)CCn1cc(C(=O)NC(=N)C2(c3ccc(-c4cnc(N)nc4)cc3)CCC2)cn1. The van der Waals surface area contributed by atoms with Gasteiger partial charge in [-0.1, -0.05) is 30.7 Å². The molecular weight excluding hydrogens is 442 g/mol. The Kier molecular flexibility index (Phi) is 5.98. The van der Waals surface area contributed by atoms with Crippen LogP contribution in [0.15, 0.2) is 49.1 Å². The van der Waals surface area contributed by atoms with Crippen LogP contribution in [0.2, 0.25) is 0 Å². The Morgan fingerprint density at radius 3 is 2.39 bits per heavy atom. The minimum Gasteiger partial charge on any atom is -0.368 e. The molecule has 1 amide bonds. The van der Waals surface area contributed by atoms with E-state index in [1.807, 2.05) is 24.3 Å². The van der Waals surface area contributed by atoms with Gasteiger partial charge in [0.2, 0.25) is 5.95 Å². The molecule has 1 aliphatic carbocycles. The van der Waals surface area contributed by atoms with Gasteiger partial charge in [0, 0.05) is 30.4 Å². The summed E-state index contributed by atoms with van der Waals surface area (Å²) in [5, 5.41) is 15.4. The molecule has 3 aromatic rings. The van der Waals surface area contributed by atoms with Gasteiger partial charge in [-0.15, -0.1) is 0 Å². The lowest BCUT2D eigenvalue weighted by atomic mass is 9.63. The van der Waals surface area contributed by atoms with E-state index in [0.717, 1.165) is 42.2 Å². The van der Waals surface area contributed by atoms with Crippen molar-refractivity contribution < 1.29 is 13.2 Å². The molecule has 0 unspecified atom stereocenters. The lowest BCUT2D eigenvalue weighted by Gasteiger charge is -2.42. The molecule has 0 bridgehead atoms. The zero-order valence-corrected chi connectivity index (χ0v) is 19.0. The van der Waals surface area contributed by atoms with Crippen LogP contribution in [0, 0.1) is 5.41 Å². The van der Waals surface area contributed by atoms with Crippen LogP contribution in [-0.4, -0.2) is 51.9 Å². The number of amidine groups is 1. The first-order chi connectivity index (χ1) is 15.7. The lowest BCUT2D eigenvalue weighted by molar-refractivity contribution is 0.0972. The second kappa shape index (κ2) is 8.74. The Hall–Kier alpha value is -3.60. The van der Waals surface area contributed by atoms with E-state index in [2.05, 4.69) is 20.4 Å². The molecule has 0 radical (unpaired) electrons. The fourth-order valence-corrected chi connectivity index (χ4v) is 4.37. The predicted octanol–water partition coefficient (Wildman–Crippen LogP) is 1.80. The summed E-state index contributed by atoms with van der Waals surface area (Å²) in [7, 11) is -3.13. The summed E-state index contributed by atoms with van der Waals surface area (Å²) in [5.74, 6) is -0.139. The normalized spacial score (nSPS) is 14.9. The average molecular weight is 468 g/mol. The quantitative estimate of drug-likeness (QED) is 0.353. The van der Waals surface area contributed by atoms with Gasteiger partial charge in [-0.2, -0.15) is 5.10 Å². The van der Waals surface area contributed by atoms with Crippen LogP contribution in [0.4, 0.5) is 5.95 Å². The van der Waals surface area contributed by atoms with Gasteiger partial charge in [-0.25, -0.2) is 18.4 Å². The maximum atomic E-state index is 12.7. The molecule has 0 atom stereocenters. The van der Waals surface area contributed by atoms with Gasteiger partial charge in [0.05, 0.1) is 29.5 Å². The maximum Gasteiger partial charge on any atom is 0.259 e. The van der Waals surface area contributed by atoms with E-state index in [4.69, 9.17) is 11.1 Å². The smallest absolute Gasteiger partial charge is 0.259 e. The number of nitrogens with zero attached hydrogens (tertiary/aromatic N) is 4. The topological polar surface area (TPSA) is 157 Å². The third kappa shape index (κ3) is 4.92. The zero-order valence-electron chi connectivity index (χ0n) is 18.2. The van der Waals surface area contributed by atoms with Gasteiger partial charge in [0.25, 0.3) is 5.91 Å². The van der Waals surface area contributed by atoms with Crippen LogP contribution >= 0.6 is 0 Å². The number of nitrogen functional groups attached to an aromatic ring is 1. The monoisotopic (exact) mass is 467 g/mol. The Labute approximate surface area is 191 Å². The van der Waals surface area contributed by atoms with E-state index < -0.39 is 21.2 Å².